The third-order valence-corrected chi connectivity index (χ3v) is 6.84. The molecule has 0 fully saturated rings. The van der Waals surface area contributed by atoms with Gasteiger partial charge in [0.05, 0.1) is 17.8 Å². The monoisotopic (exact) mass is 529 g/mol. The van der Waals surface area contributed by atoms with E-state index in [0.29, 0.717) is 34.0 Å². The quantitative estimate of drug-likeness (QED) is 0.263. The van der Waals surface area contributed by atoms with Gasteiger partial charge >= 0.3 is 0 Å². The Kier molecular flexibility index (Phi) is 6.54. The van der Waals surface area contributed by atoms with E-state index in [1.54, 1.807) is 55.6 Å². The van der Waals surface area contributed by atoms with Gasteiger partial charge in [0.1, 0.15) is 5.82 Å². The normalized spacial score (nSPS) is 12.0. The number of rotatable bonds is 4. The number of amides is 2. The van der Waals surface area contributed by atoms with Crippen LogP contribution >= 0.6 is 0 Å². The van der Waals surface area contributed by atoms with E-state index in [2.05, 4.69) is 10.3 Å². The summed E-state index contributed by atoms with van der Waals surface area (Å²) >= 11 is 0. The first-order valence-electron chi connectivity index (χ1n) is 12.8. The number of aromatic nitrogens is 1. The lowest BCUT2D eigenvalue weighted by Crippen LogP contribution is -2.31. The van der Waals surface area contributed by atoms with Crippen LogP contribution in [0.1, 0.15) is 31.8 Å². The second-order valence-corrected chi connectivity index (χ2v) is 9.44. The molecule has 7 heteroatoms. The molecule has 196 valence electrons. The molecule has 0 atom stereocenters. The van der Waals surface area contributed by atoms with Crippen LogP contribution in [0.15, 0.2) is 109 Å². The smallest absolute Gasteiger partial charge is 0.261 e. The highest BCUT2D eigenvalue weighted by molar-refractivity contribution is 6.10. The Bertz CT molecular complexity index is 1750. The van der Waals surface area contributed by atoms with E-state index in [-0.39, 0.29) is 23.7 Å². The number of para-hydroxylation sites is 2. The average molecular weight is 530 g/mol. The molecule has 2 heterocycles. The van der Waals surface area contributed by atoms with Crippen molar-refractivity contribution in [1.82, 2.24) is 4.98 Å². The Morgan fingerprint density at radius 1 is 0.875 bits per heavy atom. The summed E-state index contributed by atoms with van der Waals surface area (Å²) in [5.74, 6) is -0.789. The van der Waals surface area contributed by atoms with E-state index >= 15 is 4.39 Å². The van der Waals surface area contributed by atoms with E-state index in [4.69, 9.17) is 4.74 Å². The Hall–Kier alpha value is -5.30. The fourth-order valence-electron chi connectivity index (χ4n) is 4.81. The fourth-order valence-corrected chi connectivity index (χ4v) is 4.81. The molecule has 0 saturated carbocycles. The van der Waals surface area contributed by atoms with Crippen LogP contribution in [0.2, 0.25) is 0 Å². The number of anilines is 2. The molecule has 0 bridgehead atoms. The molecule has 0 unspecified atom stereocenters. The van der Waals surface area contributed by atoms with E-state index in [1.807, 2.05) is 48.5 Å². The first-order chi connectivity index (χ1) is 19.5. The van der Waals surface area contributed by atoms with Gasteiger partial charge in [-0.1, -0.05) is 66.7 Å². The summed E-state index contributed by atoms with van der Waals surface area (Å²) in [4.78, 5) is 32.9. The van der Waals surface area contributed by atoms with Crippen LogP contribution in [-0.2, 0) is 6.54 Å². The molecule has 2 amide bonds. The highest BCUT2D eigenvalue weighted by Crippen LogP contribution is 2.39. The van der Waals surface area contributed by atoms with Gasteiger partial charge in [-0.15, -0.1) is 0 Å². The number of hydrogen-bond donors (Lipinski definition) is 1. The fraction of sp³-hybridized carbons (Fsp3) is 0.0606. The number of fused-ring (bicyclic) bond motifs is 2. The van der Waals surface area contributed by atoms with Gasteiger partial charge in [0.15, 0.2) is 5.75 Å². The minimum absolute atomic E-state index is 0.109. The summed E-state index contributed by atoms with van der Waals surface area (Å²) in [7, 11) is 0. The number of pyridine rings is 1. The van der Waals surface area contributed by atoms with Crippen molar-refractivity contribution >= 4 is 23.2 Å². The van der Waals surface area contributed by atoms with Gasteiger partial charge in [-0.2, -0.15) is 0 Å². The number of nitrogens with zero attached hydrogens (tertiary/aromatic N) is 2. The van der Waals surface area contributed by atoms with Gasteiger partial charge in [-0.05, 0) is 60.0 Å². The van der Waals surface area contributed by atoms with E-state index in [1.165, 1.54) is 17.0 Å². The molecule has 1 aliphatic rings. The van der Waals surface area contributed by atoms with Gasteiger partial charge in [-0.3, -0.25) is 9.59 Å². The van der Waals surface area contributed by atoms with Crippen molar-refractivity contribution in [3.8, 4) is 22.8 Å². The zero-order chi connectivity index (χ0) is 27.6. The van der Waals surface area contributed by atoms with Crippen molar-refractivity contribution in [2.24, 2.45) is 0 Å². The van der Waals surface area contributed by atoms with E-state index < -0.39 is 11.7 Å². The first kappa shape index (κ1) is 25.0. The summed E-state index contributed by atoms with van der Waals surface area (Å²) in [5, 5.41) is 2.83. The SMILES string of the molecule is Cc1cc(C(=O)N2Cc3cccnc3Oc3ccccc32)c(F)cc1NC(=O)c1ccccc1-c1ccccc1. The van der Waals surface area contributed by atoms with Crippen LogP contribution in [0.5, 0.6) is 11.6 Å². The first-order valence-corrected chi connectivity index (χ1v) is 12.8. The Morgan fingerprint density at radius 3 is 2.48 bits per heavy atom. The highest BCUT2D eigenvalue weighted by atomic mass is 19.1. The number of nitrogens with one attached hydrogen (secondary N) is 1. The maximum atomic E-state index is 15.6. The number of hydrogen-bond acceptors (Lipinski definition) is 4. The molecule has 6 nitrogen and oxygen atoms in total. The number of ether oxygens (including phenoxy) is 1. The van der Waals surface area contributed by atoms with Crippen LogP contribution in [0, 0.1) is 12.7 Å². The maximum Gasteiger partial charge on any atom is 0.261 e. The average Bonchev–Trinajstić information content (AvgIpc) is 3.16. The van der Waals surface area contributed by atoms with Gasteiger partial charge < -0.3 is 15.0 Å². The summed E-state index contributed by atoms with van der Waals surface area (Å²) in [6.45, 7) is 1.89. The third kappa shape index (κ3) is 4.69. The summed E-state index contributed by atoms with van der Waals surface area (Å²) in [6.07, 6.45) is 1.62. The molecule has 1 N–H and O–H groups in total. The molecule has 0 saturated heterocycles. The minimum atomic E-state index is -0.740. The second kappa shape index (κ2) is 10.5. The molecule has 40 heavy (non-hydrogen) atoms. The Balaban J connectivity index is 1.31. The zero-order valence-corrected chi connectivity index (χ0v) is 21.6. The molecule has 5 aromatic rings. The lowest BCUT2D eigenvalue weighted by molar-refractivity contribution is 0.0980. The largest absolute Gasteiger partial charge is 0.436 e. The lowest BCUT2D eigenvalue weighted by atomic mass is 9.99. The minimum Gasteiger partial charge on any atom is -0.436 e. The third-order valence-electron chi connectivity index (χ3n) is 6.84. The second-order valence-electron chi connectivity index (χ2n) is 9.44. The van der Waals surface area contributed by atoms with Crippen molar-refractivity contribution in [1.29, 1.82) is 0 Å². The zero-order valence-electron chi connectivity index (χ0n) is 21.6. The molecular formula is C33H24FN3O3. The van der Waals surface area contributed by atoms with Gasteiger partial charge in [0, 0.05) is 23.0 Å². The molecule has 6 rings (SSSR count). The summed E-state index contributed by atoms with van der Waals surface area (Å²) < 4.78 is 21.5. The van der Waals surface area contributed by atoms with Crippen LogP contribution in [0.25, 0.3) is 11.1 Å². The number of carbonyl (C=O) groups excluding carboxylic acids is 2. The number of aryl methyl sites for hydroxylation is 1. The lowest BCUT2D eigenvalue weighted by Gasteiger charge is -2.23. The molecule has 4 aromatic carbocycles. The molecule has 0 radical (unpaired) electrons. The van der Waals surface area contributed by atoms with Crippen LogP contribution in [-0.4, -0.2) is 16.8 Å². The highest BCUT2D eigenvalue weighted by Gasteiger charge is 2.29. The Labute approximate surface area is 230 Å². The van der Waals surface area contributed by atoms with E-state index in [0.717, 1.165) is 11.1 Å². The standard InChI is InChI=1S/C33H24FN3O3/c1-21-18-26(33(39)37-20-23-12-9-17-35-32(23)40-30-16-8-7-15-29(30)37)27(34)19-28(21)36-31(38)25-14-6-5-13-24(25)22-10-3-2-4-11-22/h2-19H,20H2,1H3,(H,36,38). The maximum absolute atomic E-state index is 15.6. The van der Waals surface area contributed by atoms with Crippen molar-refractivity contribution in [3.05, 3.63) is 137 Å². The van der Waals surface area contributed by atoms with Gasteiger partial charge in [0.25, 0.3) is 11.8 Å². The number of carbonyl (C=O) groups is 2. The predicted molar refractivity (Wildman–Crippen MR) is 152 cm³/mol. The number of halogens is 1. The van der Waals surface area contributed by atoms with Crippen molar-refractivity contribution in [3.63, 3.8) is 0 Å². The topological polar surface area (TPSA) is 71.5 Å². The van der Waals surface area contributed by atoms with Crippen molar-refractivity contribution in [2.45, 2.75) is 13.5 Å². The predicted octanol–water partition coefficient (Wildman–Crippen LogP) is 7.40. The van der Waals surface area contributed by atoms with Crippen LogP contribution < -0.4 is 15.0 Å². The molecular weight excluding hydrogens is 505 g/mol. The van der Waals surface area contributed by atoms with Crippen molar-refractivity contribution < 1.29 is 18.7 Å². The van der Waals surface area contributed by atoms with Crippen molar-refractivity contribution in [2.75, 3.05) is 10.2 Å². The number of benzene rings is 4. The molecule has 0 spiro atoms. The molecule has 1 aliphatic heterocycles. The van der Waals surface area contributed by atoms with Gasteiger partial charge in [0.2, 0.25) is 5.88 Å². The van der Waals surface area contributed by atoms with Gasteiger partial charge in [-0.25, -0.2) is 9.37 Å². The Morgan fingerprint density at radius 2 is 1.62 bits per heavy atom. The molecule has 0 aliphatic carbocycles. The summed E-state index contributed by atoms with van der Waals surface area (Å²) in [5.41, 5.74) is 4.07. The van der Waals surface area contributed by atoms with Crippen LogP contribution in [0.4, 0.5) is 15.8 Å². The van der Waals surface area contributed by atoms with Crippen LogP contribution in [0.3, 0.4) is 0 Å². The molecule has 1 aromatic heterocycles. The van der Waals surface area contributed by atoms with E-state index in [9.17, 15) is 9.59 Å². The summed E-state index contributed by atoms with van der Waals surface area (Å²) in [6, 6.07) is 30.2.